The Labute approximate surface area is 91.8 Å². The van der Waals surface area contributed by atoms with Crippen LogP contribution < -0.4 is 5.32 Å². The van der Waals surface area contributed by atoms with Crippen molar-refractivity contribution in [2.45, 2.75) is 6.43 Å². The summed E-state index contributed by atoms with van der Waals surface area (Å²) in [6.07, 6.45) is -0.288. The largest absolute Gasteiger partial charge is 0.373 e. The molecule has 0 aliphatic rings. The average molecular weight is 282 g/mol. The number of nitrogens with one attached hydrogen (secondary N) is 1. The van der Waals surface area contributed by atoms with E-state index in [1.807, 2.05) is 0 Å². The summed E-state index contributed by atoms with van der Waals surface area (Å²) < 4.78 is 24.1. The fourth-order valence-corrected chi connectivity index (χ4v) is 1.38. The molecule has 0 amide bonds. The lowest BCUT2D eigenvalue weighted by Crippen LogP contribution is -2.12. The lowest BCUT2D eigenvalue weighted by Gasteiger charge is -2.07. The molecule has 0 aliphatic heterocycles. The van der Waals surface area contributed by atoms with E-state index in [1.54, 1.807) is 0 Å². The molecule has 0 unspecified atom stereocenters. The van der Waals surface area contributed by atoms with Crippen LogP contribution in [-0.2, 0) is 0 Å². The van der Waals surface area contributed by atoms with Crippen molar-refractivity contribution < 1.29 is 13.7 Å². The minimum absolute atomic E-state index is 0.00954. The van der Waals surface area contributed by atoms with E-state index in [0.717, 1.165) is 6.20 Å². The van der Waals surface area contributed by atoms with Gasteiger partial charge in [-0.2, -0.15) is 0 Å². The van der Waals surface area contributed by atoms with E-state index in [4.69, 9.17) is 0 Å². The predicted octanol–water partition coefficient (Wildman–Crippen LogP) is 2.43. The summed E-state index contributed by atoms with van der Waals surface area (Å²) >= 11 is 2.99. The third-order valence-electron chi connectivity index (χ3n) is 1.51. The maximum absolute atomic E-state index is 11.9. The first kappa shape index (κ1) is 11.8. The van der Waals surface area contributed by atoms with Gasteiger partial charge in [-0.15, -0.1) is 0 Å². The third-order valence-corrected chi connectivity index (χ3v) is 2.11. The van der Waals surface area contributed by atoms with Gasteiger partial charge in [0.05, 0.1) is 15.9 Å². The molecule has 0 saturated heterocycles. The normalized spacial score (nSPS) is 10.4. The van der Waals surface area contributed by atoms with E-state index in [1.165, 1.54) is 6.20 Å². The fraction of sp³-hybridized carbons (Fsp3) is 0.286. The molecule has 1 aromatic heterocycles. The number of alkyl halides is 2. The molecule has 0 spiro atoms. The zero-order valence-corrected chi connectivity index (χ0v) is 8.87. The van der Waals surface area contributed by atoms with Crippen LogP contribution in [0.2, 0.25) is 0 Å². The Bertz CT molecular complexity index is 375. The molecule has 0 atom stereocenters. The molecule has 1 heterocycles. The molecular formula is C7H6BrF2N3O2. The maximum atomic E-state index is 11.9. The van der Waals surface area contributed by atoms with Crippen molar-refractivity contribution in [3.8, 4) is 0 Å². The second-order valence-electron chi connectivity index (χ2n) is 2.54. The van der Waals surface area contributed by atoms with Crippen molar-refractivity contribution in [1.29, 1.82) is 0 Å². The van der Waals surface area contributed by atoms with E-state index in [2.05, 4.69) is 26.2 Å². The van der Waals surface area contributed by atoms with Crippen molar-refractivity contribution >= 4 is 27.3 Å². The second kappa shape index (κ2) is 4.96. The van der Waals surface area contributed by atoms with Crippen molar-refractivity contribution in [2.24, 2.45) is 0 Å². The number of nitro groups is 1. The molecule has 0 fully saturated rings. The molecule has 0 aromatic carbocycles. The number of aromatic nitrogens is 1. The molecule has 82 valence electrons. The number of pyridine rings is 1. The van der Waals surface area contributed by atoms with Gasteiger partial charge < -0.3 is 5.32 Å². The van der Waals surface area contributed by atoms with Crippen LogP contribution in [0, 0.1) is 10.1 Å². The van der Waals surface area contributed by atoms with E-state index < -0.39 is 17.9 Å². The minimum atomic E-state index is -2.58. The molecule has 1 aromatic rings. The summed E-state index contributed by atoms with van der Waals surface area (Å²) in [6, 6.07) is 0. The van der Waals surface area contributed by atoms with Gasteiger partial charge in [-0.1, -0.05) is 0 Å². The van der Waals surface area contributed by atoms with Gasteiger partial charge in [-0.05, 0) is 15.9 Å². The highest BCUT2D eigenvalue weighted by atomic mass is 79.9. The van der Waals surface area contributed by atoms with Crippen LogP contribution >= 0.6 is 15.9 Å². The van der Waals surface area contributed by atoms with E-state index in [-0.39, 0.29) is 15.8 Å². The Morgan fingerprint density at radius 1 is 1.60 bits per heavy atom. The lowest BCUT2D eigenvalue weighted by atomic mass is 10.3. The van der Waals surface area contributed by atoms with Gasteiger partial charge in [-0.25, -0.2) is 8.78 Å². The first-order chi connectivity index (χ1) is 7.02. The second-order valence-corrected chi connectivity index (χ2v) is 3.40. The smallest absolute Gasteiger partial charge is 0.311 e. The van der Waals surface area contributed by atoms with Crippen LogP contribution in [0.5, 0.6) is 0 Å². The van der Waals surface area contributed by atoms with Gasteiger partial charge in [0.15, 0.2) is 0 Å². The van der Waals surface area contributed by atoms with Crippen LogP contribution in [-0.4, -0.2) is 22.9 Å². The first-order valence-electron chi connectivity index (χ1n) is 3.82. The zero-order valence-electron chi connectivity index (χ0n) is 7.28. The number of halogens is 3. The number of hydrogen-bond acceptors (Lipinski definition) is 4. The molecular weight excluding hydrogens is 276 g/mol. The van der Waals surface area contributed by atoms with Gasteiger partial charge in [0, 0.05) is 6.20 Å². The molecule has 0 saturated carbocycles. The van der Waals surface area contributed by atoms with E-state index >= 15 is 0 Å². The van der Waals surface area contributed by atoms with Gasteiger partial charge in [0.2, 0.25) is 0 Å². The van der Waals surface area contributed by atoms with Crippen molar-refractivity contribution in [3.05, 3.63) is 27.0 Å². The Hall–Kier alpha value is -1.31. The monoisotopic (exact) mass is 281 g/mol. The van der Waals surface area contributed by atoms with Gasteiger partial charge >= 0.3 is 5.69 Å². The zero-order chi connectivity index (χ0) is 11.4. The van der Waals surface area contributed by atoms with Crippen LogP contribution in [0.1, 0.15) is 0 Å². The van der Waals surface area contributed by atoms with Crippen LogP contribution in [0.3, 0.4) is 0 Å². The van der Waals surface area contributed by atoms with E-state index in [9.17, 15) is 18.9 Å². The van der Waals surface area contributed by atoms with Crippen LogP contribution in [0.15, 0.2) is 16.9 Å². The van der Waals surface area contributed by atoms with Gasteiger partial charge in [0.1, 0.15) is 11.9 Å². The van der Waals surface area contributed by atoms with Gasteiger partial charge in [-0.3, -0.25) is 15.1 Å². The molecule has 0 radical (unpaired) electrons. The van der Waals surface area contributed by atoms with E-state index in [0.29, 0.717) is 0 Å². The first-order valence-corrected chi connectivity index (χ1v) is 4.61. The maximum Gasteiger partial charge on any atom is 0.311 e. The Morgan fingerprint density at radius 3 is 2.80 bits per heavy atom. The molecule has 1 N–H and O–H groups in total. The Balaban J connectivity index is 2.97. The number of hydrogen-bond donors (Lipinski definition) is 1. The Kier molecular flexibility index (Phi) is 3.89. The topological polar surface area (TPSA) is 68.1 Å². The van der Waals surface area contributed by atoms with Crippen LogP contribution in [0.25, 0.3) is 0 Å². The molecule has 15 heavy (non-hydrogen) atoms. The highest BCUT2D eigenvalue weighted by molar-refractivity contribution is 9.10. The molecule has 1 rings (SSSR count). The summed E-state index contributed by atoms with van der Waals surface area (Å²) in [5, 5.41) is 12.8. The minimum Gasteiger partial charge on any atom is -0.373 e. The van der Waals surface area contributed by atoms with Crippen LogP contribution in [0.4, 0.5) is 20.2 Å². The molecule has 0 bridgehead atoms. The number of nitrogens with zero attached hydrogens (tertiary/aromatic N) is 2. The molecule has 0 aliphatic carbocycles. The fourth-order valence-electron chi connectivity index (χ4n) is 0.917. The molecule has 8 heteroatoms. The highest BCUT2D eigenvalue weighted by Crippen LogP contribution is 2.30. The quantitative estimate of drug-likeness (QED) is 0.680. The number of rotatable bonds is 4. The van der Waals surface area contributed by atoms with Gasteiger partial charge in [0.25, 0.3) is 6.43 Å². The SMILES string of the molecule is O=[N+]([O-])c1cncc(Br)c1NCC(F)F. The third kappa shape index (κ3) is 3.08. The average Bonchev–Trinajstić information content (AvgIpc) is 2.15. The summed E-state index contributed by atoms with van der Waals surface area (Å²) in [4.78, 5) is 13.4. The summed E-state index contributed by atoms with van der Waals surface area (Å²) in [5.41, 5.74) is -0.333. The highest BCUT2D eigenvalue weighted by Gasteiger charge is 2.17. The Morgan fingerprint density at radius 2 is 2.27 bits per heavy atom. The lowest BCUT2D eigenvalue weighted by molar-refractivity contribution is -0.384. The van der Waals surface area contributed by atoms with Crippen molar-refractivity contribution in [1.82, 2.24) is 4.98 Å². The predicted molar refractivity (Wildman–Crippen MR) is 53.1 cm³/mol. The summed E-state index contributed by atoms with van der Waals surface area (Å²) in [7, 11) is 0. The molecule has 5 nitrogen and oxygen atoms in total. The van der Waals surface area contributed by atoms with Crippen molar-refractivity contribution in [2.75, 3.05) is 11.9 Å². The standard InChI is InChI=1S/C7H6BrF2N3O2/c8-4-1-11-2-5(13(14)15)7(4)12-3-6(9)10/h1-2,6H,3H2,(H,11,12). The van der Waals surface area contributed by atoms with Crippen molar-refractivity contribution in [3.63, 3.8) is 0 Å². The summed E-state index contributed by atoms with van der Waals surface area (Å²) in [5.74, 6) is 0. The summed E-state index contributed by atoms with van der Waals surface area (Å²) in [6.45, 7) is -0.649. The number of anilines is 1.